The predicted octanol–water partition coefficient (Wildman–Crippen LogP) is 1.39. The molecule has 0 aromatic heterocycles. The number of aliphatic hydroxyl groups is 1. The Morgan fingerprint density at radius 3 is 2.87 bits per heavy atom. The summed E-state index contributed by atoms with van der Waals surface area (Å²) in [4.78, 5) is 0.328. The molecule has 15 heavy (non-hydrogen) atoms. The zero-order chi connectivity index (χ0) is 11.3. The highest BCUT2D eigenvalue weighted by molar-refractivity contribution is 7.80. The van der Waals surface area contributed by atoms with E-state index in [-0.39, 0.29) is 6.61 Å². The van der Waals surface area contributed by atoms with Crippen molar-refractivity contribution in [2.24, 2.45) is 5.73 Å². The van der Waals surface area contributed by atoms with Gasteiger partial charge in [0.15, 0.2) is 0 Å². The van der Waals surface area contributed by atoms with E-state index in [1.165, 1.54) is 0 Å². The minimum absolute atomic E-state index is 0.119. The van der Waals surface area contributed by atoms with Crippen LogP contribution in [0.4, 0.5) is 0 Å². The van der Waals surface area contributed by atoms with Crippen LogP contribution < -0.4 is 10.5 Å². The number of hydrogen-bond donors (Lipinski definition) is 2. The quantitative estimate of drug-likeness (QED) is 0.587. The molecule has 0 aliphatic rings. The Balaban J connectivity index is 2.82. The van der Waals surface area contributed by atoms with Crippen LogP contribution in [0, 0.1) is 6.92 Å². The van der Waals surface area contributed by atoms with Gasteiger partial charge in [0.05, 0.1) is 12.2 Å². The molecule has 0 saturated carbocycles. The molecule has 0 saturated heterocycles. The summed E-state index contributed by atoms with van der Waals surface area (Å²) in [6, 6.07) is 5.69. The number of nitrogens with two attached hydrogens (primary N) is 1. The SMILES string of the molecule is Cc1ccc(C(N)=S)c(OCCCO)c1. The van der Waals surface area contributed by atoms with E-state index >= 15 is 0 Å². The third-order valence-electron chi connectivity index (χ3n) is 1.96. The number of rotatable bonds is 5. The van der Waals surface area contributed by atoms with E-state index in [1.807, 2.05) is 25.1 Å². The highest BCUT2D eigenvalue weighted by atomic mass is 32.1. The molecule has 0 heterocycles. The van der Waals surface area contributed by atoms with E-state index in [2.05, 4.69) is 0 Å². The molecule has 0 bridgehead atoms. The standard InChI is InChI=1S/C11H15NO2S/c1-8-3-4-9(11(12)15)10(7-8)14-6-2-5-13/h3-4,7,13H,2,5-6H2,1H3,(H2,12,15). The lowest BCUT2D eigenvalue weighted by molar-refractivity contribution is 0.233. The summed E-state index contributed by atoms with van der Waals surface area (Å²) in [5, 5.41) is 8.65. The average molecular weight is 225 g/mol. The minimum atomic E-state index is 0.119. The third-order valence-corrected chi connectivity index (χ3v) is 2.18. The van der Waals surface area contributed by atoms with Gasteiger partial charge in [0.1, 0.15) is 10.7 Å². The first-order valence-corrected chi connectivity index (χ1v) is 5.20. The van der Waals surface area contributed by atoms with Crippen molar-refractivity contribution in [2.75, 3.05) is 13.2 Å². The Kier molecular flexibility index (Phi) is 4.52. The molecule has 1 aromatic carbocycles. The number of hydrogen-bond acceptors (Lipinski definition) is 3. The van der Waals surface area contributed by atoms with Gasteiger partial charge in [-0.3, -0.25) is 0 Å². The molecule has 3 N–H and O–H groups in total. The van der Waals surface area contributed by atoms with E-state index in [4.69, 9.17) is 27.8 Å². The minimum Gasteiger partial charge on any atom is -0.493 e. The maximum absolute atomic E-state index is 8.65. The first-order valence-electron chi connectivity index (χ1n) is 4.79. The number of benzene rings is 1. The molecule has 0 atom stereocenters. The fourth-order valence-corrected chi connectivity index (χ4v) is 1.37. The number of thiocarbonyl (C=S) groups is 1. The van der Waals surface area contributed by atoms with Crippen molar-refractivity contribution in [2.45, 2.75) is 13.3 Å². The van der Waals surface area contributed by atoms with Crippen LogP contribution in [0.5, 0.6) is 5.75 Å². The smallest absolute Gasteiger partial charge is 0.129 e. The monoisotopic (exact) mass is 225 g/mol. The Bertz CT molecular complexity index is 352. The Labute approximate surface area is 94.9 Å². The number of aliphatic hydroxyl groups excluding tert-OH is 1. The van der Waals surface area contributed by atoms with Crippen molar-refractivity contribution in [3.63, 3.8) is 0 Å². The second-order valence-electron chi connectivity index (χ2n) is 3.29. The molecule has 4 heteroatoms. The van der Waals surface area contributed by atoms with E-state index in [9.17, 15) is 0 Å². The van der Waals surface area contributed by atoms with Crippen molar-refractivity contribution >= 4 is 17.2 Å². The molecule has 1 rings (SSSR count). The molecular formula is C11H15NO2S. The fraction of sp³-hybridized carbons (Fsp3) is 0.364. The lowest BCUT2D eigenvalue weighted by atomic mass is 10.1. The Morgan fingerprint density at radius 2 is 2.27 bits per heavy atom. The molecule has 0 spiro atoms. The Hall–Kier alpha value is -1.13. The number of aryl methyl sites for hydroxylation is 1. The first kappa shape index (κ1) is 11.9. The van der Waals surface area contributed by atoms with Gasteiger partial charge in [-0.05, 0) is 24.6 Å². The lowest BCUT2D eigenvalue weighted by Gasteiger charge is -2.10. The van der Waals surface area contributed by atoms with E-state index in [1.54, 1.807) is 0 Å². The topological polar surface area (TPSA) is 55.5 Å². The van der Waals surface area contributed by atoms with Gasteiger partial charge in [-0.2, -0.15) is 0 Å². The normalized spacial score (nSPS) is 10.0. The molecule has 3 nitrogen and oxygen atoms in total. The summed E-state index contributed by atoms with van der Waals surface area (Å²) in [6.07, 6.45) is 0.602. The van der Waals surface area contributed by atoms with Gasteiger partial charge in [0.2, 0.25) is 0 Å². The number of ether oxygens (including phenoxy) is 1. The molecule has 0 fully saturated rings. The van der Waals surface area contributed by atoms with Crippen LogP contribution >= 0.6 is 12.2 Å². The summed E-state index contributed by atoms with van der Waals surface area (Å²) in [7, 11) is 0. The van der Waals surface area contributed by atoms with Gasteiger partial charge in [0, 0.05) is 13.0 Å². The second kappa shape index (κ2) is 5.68. The first-order chi connectivity index (χ1) is 7.15. The summed E-state index contributed by atoms with van der Waals surface area (Å²) in [5.74, 6) is 0.691. The maximum atomic E-state index is 8.65. The molecule has 0 aliphatic carbocycles. The van der Waals surface area contributed by atoms with Crippen LogP contribution in [0.25, 0.3) is 0 Å². The van der Waals surface area contributed by atoms with Crippen molar-refractivity contribution in [1.29, 1.82) is 0 Å². The Morgan fingerprint density at radius 1 is 1.53 bits per heavy atom. The molecule has 0 aliphatic heterocycles. The largest absolute Gasteiger partial charge is 0.493 e. The molecule has 0 radical (unpaired) electrons. The summed E-state index contributed by atoms with van der Waals surface area (Å²) in [6.45, 7) is 2.56. The average Bonchev–Trinajstić information content (AvgIpc) is 2.18. The van der Waals surface area contributed by atoms with E-state index < -0.39 is 0 Å². The van der Waals surface area contributed by atoms with E-state index in [0.717, 1.165) is 11.1 Å². The van der Waals surface area contributed by atoms with Crippen molar-refractivity contribution in [1.82, 2.24) is 0 Å². The predicted molar refractivity (Wildman–Crippen MR) is 64.3 cm³/mol. The van der Waals surface area contributed by atoms with Crippen molar-refractivity contribution in [3.05, 3.63) is 29.3 Å². The fourth-order valence-electron chi connectivity index (χ4n) is 1.20. The van der Waals surface area contributed by atoms with Crippen LogP contribution in [0.3, 0.4) is 0 Å². The zero-order valence-corrected chi connectivity index (χ0v) is 9.51. The highest BCUT2D eigenvalue weighted by Gasteiger charge is 2.06. The second-order valence-corrected chi connectivity index (χ2v) is 3.73. The molecule has 82 valence electrons. The van der Waals surface area contributed by atoms with Crippen LogP contribution in [0.2, 0.25) is 0 Å². The summed E-state index contributed by atoms with van der Waals surface area (Å²) < 4.78 is 5.49. The van der Waals surface area contributed by atoms with Crippen LogP contribution in [-0.4, -0.2) is 23.3 Å². The summed E-state index contributed by atoms with van der Waals surface area (Å²) in [5.41, 5.74) is 7.41. The third kappa shape index (κ3) is 3.49. The lowest BCUT2D eigenvalue weighted by Crippen LogP contribution is -2.12. The van der Waals surface area contributed by atoms with Gasteiger partial charge in [0.25, 0.3) is 0 Å². The zero-order valence-electron chi connectivity index (χ0n) is 8.69. The molecule has 1 aromatic rings. The van der Waals surface area contributed by atoms with Gasteiger partial charge in [-0.25, -0.2) is 0 Å². The molecule has 0 unspecified atom stereocenters. The highest BCUT2D eigenvalue weighted by Crippen LogP contribution is 2.20. The van der Waals surface area contributed by atoms with Crippen LogP contribution in [-0.2, 0) is 0 Å². The van der Waals surface area contributed by atoms with Gasteiger partial charge < -0.3 is 15.6 Å². The van der Waals surface area contributed by atoms with Crippen molar-refractivity contribution < 1.29 is 9.84 Å². The molecular weight excluding hydrogens is 210 g/mol. The summed E-state index contributed by atoms with van der Waals surface area (Å²) >= 11 is 4.92. The van der Waals surface area contributed by atoms with Crippen molar-refractivity contribution in [3.8, 4) is 5.75 Å². The van der Waals surface area contributed by atoms with E-state index in [0.29, 0.717) is 23.8 Å². The van der Waals surface area contributed by atoms with Gasteiger partial charge >= 0.3 is 0 Å². The molecule has 0 amide bonds. The van der Waals surface area contributed by atoms with Crippen LogP contribution in [0.15, 0.2) is 18.2 Å². The van der Waals surface area contributed by atoms with Gasteiger partial charge in [-0.1, -0.05) is 18.3 Å². The van der Waals surface area contributed by atoms with Crippen LogP contribution in [0.1, 0.15) is 17.5 Å². The maximum Gasteiger partial charge on any atom is 0.129 e. The van der Waals surface area contributed by atoms with Gasteiger partial charge in [-0.15, -0.1) is 0 Å².